The van der Waals surface area contributed by atoms with Gasteiger partial charge in [-0.2, -0.15) is 13.2 Å². The molecule has 0 saturated heterocycles. The fourth-order valence-corrected chi connectivity index (χ4v) is 1.61. The van der Waals surface area contributed by atoms with Gasteiger partial charge in [0.1, 0.15) is 11.8 Å². The smallest absolute Gasteiger partial charge is 0.422 e. The van der Waals surface area contributed by atoms with E-state index in [0.717, 1.165) is 0 Å². The van der Waals surface area contributed by atoms with Crippen LogP contribution in [0.15, 0.2) is 24.3 Å². The maximum atomic E-state index is 12.0. The molecule has 8 heteroatoms. The Hall–Kier alpha value is -2.25. The lowest BCUT2D eigenvalue weighted by Crippen LogP contribution is -2.44. The molecule has 1 rings (SSSR count). The Morgan fingerprint density at radius 3 is 2.18 bits per heavy atom. The third-order valence-corrected chi connectivity index (χ3v) is 2.74. The first-order chi connectivity index (χ1) is 10.1. The summed E-state index contributed by atoms with van der Waals surface area (Å²) in [4.78, 5) is 22.9. The van der Waals surface area contributed by atoms with Crippen LogP contribution in [0.4, 0.5) is 13.2 Å². The van der Waals surface area contributed by atoms with Crippen molar-refractivity contribution in [1.29, 1.82) is 0 Å². The molecule has 2 N–H and O–H groups in total. The van der Waals surface area contributed by atoms with Crippen molar-refractivity contribution >= 4 is 11.9 Å². The summed E-state index contributed by atoms with van der Waals surface area (Å²) in [7, 11) is 0. The van der Waals surface area contributed by atoms with Gasteiger partial charge in [-0.3, -0.25) is 4.79 Å². The summed E-state index contributed by atoms with van der Waals surface area (Å²) >= 11 is 0. The minimum absolute atomic E-state index is 0.0347. The lowest BCUT2D eigenvalue weighted by Gasteiger charge is -2.18. The zero-order valence-corrected chi connectivity index (χ0v) is 12.0. The Morgan fingerprint density at radius 2 is 1.77 bits per heavy atom. The standard InChI is InChI=1S/C14H16F3NO4/c1-8(2)11(13(20)21)18-12(19)9-3-5-10(6-4-9)22-7-14(15,16)17/h3-6,8,11H,7H2,1-2H3,(H,18,19)(H,20,21)/t11-/m0/s1. The highest BCUT2D eigenvalue weighted by molar-refractivity contribution is 5.96. The lowest BCUT2D eigenvalue weighted by molar-refractivity contribution is -0.153. The van der Waals surface area contributed by atoms with Gasteiger partial charge in [0.15, 0.2) is 6.61 Å². The Kier molecular flexibility index (Phi) is 5.78. The van der Waals surface area contributed by atoms with Crippen LogP contribution in [0.5, 0.6) is 5.75 Å². The zero-order chi connectivity index (χ0) is 16.9. The molecule has 0 spiro atoms. The van der Waals surface area contributed by atoms with Crippen molar-refractivity contribution in [2.75, 3.05) is 6.61 Å². The molecule has 0 radical (unpaired) electrons. The van der Waals surface area contributed by atoms with E-state index in [4.69, 9.17) is 5.11 Å². The number of alkyl halides is 3. The number of aliphatic carboxylic acids is 1. The van der Waals surface area contributed by atoms with Crippen molar-refractivity contribution < 1.29 is 32.6 Å². The van der Waals surface area contributed by atoms with Crippen LogP contribution in [0, 0.1) is 5.92 Å². The van der Waals surface area contributed by atoms with Gasteiger partial charge in [0.05, 0.1) is 0 Å². The van der Waals surface area contributed by atoms with E-state index in [-0.39, 0.29) is 17.2 Å². The number of hydrogen-bond donors (Lipinski definition) is 2. The van der Waals surface area contributed by atoms with Crippen molar-refractivity contribution in [2.24, 2.45) is 5.92 Å². The van der Waals surface area contributed by atoms with E-state index < -0.39 is 30.7 Å². The lowest BCUT2D eigenvalue weighted by atomic mass is 10.0. The van der Waals surface area contributed by atoms with E-state index >= 15 is 0 Å². The summed E-state index contributed by atoms with van der Waals surface area (Å²) in [5.41, 5.74) is 0.131. The number of carbonyl (C=O) groups excluding carboxylic acids is 1. The minimum Gasteiger partial charge on any atom is -0.484 e. The molecule has 5 nitrogen and oxygen atoms in total. The summed E-state index contributed by atoms with van der Waals surface area (Å²) in [5.74, 6) is -2.12. The molecule has 122 valence electrons. The van der Waals surface area contributed by atoms with Crippen LogP contribution in [-0.4, -0.2) is 35.8 Å². The molecular weight excluding hydrogens is 303 g/mol. The number of carboxylic acid groups (broad SMARTS) is 1. The van der Waals surface area contributed by atoms with Gasteiger partial charge in [-0.1, -0.05) is 13.8 Å². The van der Waals surface area contributed by atoms with Crippen molar-refractivity contribution in [3.63, 3.8) is 0 Å². The molecule has 1 atom stereocenters. The van der Waals surface area contributed by atoms with Crippen LogP contribution in [-0.2, 0) is 4.79 Å². The van der Waals surface area contributed by atoms with Crippen LogP contribution >= 0.6 is 0 Å². The summed E-state index contributed by atoms with van der Waals surface area (Å²) in [5, 5.41) is 11.3. The van der Waals surface area contributed by atoms with Crippen LogP contribution in [0.2, 0.25) is 0 Å². The number of ether oxygens (including phenoxy) is 1. The molecule has 0 aromatic heterocycles. The van der Waals surface area contributed by atoms with Gasteiger partial charge in [0.2, 0.25) is 0 Å². The fourth-order valence-electron chi connectivity index (χ4n) is 1.61. The molecule has 0 fully saturated rings. The van der Waals surface area contributed by atoms with E-state index in [1.807, 2.05) is 0 Å². The van der Waals surface area contributed by atoms with Gasteiger partial charge in [0.25, 0.3) is 5.91 Å². The quantitative estimate of drug-likeness (QED) is 0.844. The SMILES string of the molecule is CC(C)[C@H](NC(=O)c1ccc(OCC(F)(F)F)cc1)C(=O)O. The number of halogens is 3. The van der Waals surface area contributed by atoms with Gasteiger partial charge in [-0.25, -0.2) is 4.79 Å². The summed E-state index contributed by atoms with van der Waals surface area (Å²) in [6.45, 7) is 1.87. The molecular formula is C14H16F3NO4. The molecule has 1 amide bonds. The van der Waals surface area contributed by atoms with Crippen LogP contribution in [0.25, 0.3) is 0 Å². The molecule has 0 bridgehead atoms. The van der Waals surface area contributed by atoms with Crippen molar-refractivity contribution in [2.45, 2.75) is 26.1 Å². The van der Waals surface area contributed by atoms with Gasteiger partial charge >= 0.3 is 12.1 Å². The number of nitrogens with one attached hydrogen (secondary N) is 1. The predicted octanol–water partition coefficient (Wildman–Crippen LogP) is 2.47. The van der Waals surface area contributed by atoms with Crippen molar-refractivity contribution in [3.8, 4) is 5.75 Å². The first-order valence-electron chi connectivity index (χ1n) is 6.43. The highest BCUT2D eigenvalue weighted by atomic mass is 19.4. The number of hydrogen-bond acceptors (Lipinski definition) is 3. The van der Waals surface area contributed by atoms with E-state index in [9.17, 15) is 22.8 Å². The molecule has 22 heavy (non-hydrogen) atoms. The van der Waals surface area contributed by atoms with E-state index in [1.165, 1.54) is 24.3 Å². The summed E-state index contributed by atoms with van der Waals surface area (Å²) in [6, 6.07) is 3.91. The monoisotopic (exact) mass is 319 g/mol. The Balaban J connectivity index is 2.69. The second kappa shape index (κ2) is 7.15. The molecule has 1 aromatic carbocycles. The average molecular weight is 319 g/mol. The highest BCUT2D eigenvalue weighted by Gasteiger charge is 2.28. The summed E-state index contributed by atoms with van der Waals surface area (Å²) < 4.78 is 40.5. The predicted molar refractivity (Wildman–Crippen MR) is 71.7 cm³/mol. The number of benzene rings is 1. The third kappa shape index (κ3) is 5.63. The maximum Gasteiger partial charge on any atom is 0.422 e. The van der Waals surface area contributed by atoms with E-state index in [2.05, 4.69) is 10.1 Å². The molecule has 0 unspecified atom stereocenters. The average Bonchev–Trinajstić information content (AvgIpc) is 2.41. The molecule has 0 saturated carbocycles. The Bertz CT molecular complexity index is 526. The second-order valence-corrected chi connectivity index (χ2v) is 4.96. The van der Waals surface area contributed by atoms with Gasteiger partial charge in [-0.15, -0.1) is 0 Å². The molecule has 0 aliphatic heterocycles. The van der Waals surface area contributed by atoms with Crippen LogP contribution in [0.3, 0.4) is 0 Å². The van der Waals surface area contributed by atoms with Gasteiger partial charge in [-0.05, 0) is 30.2 Å². The topological polar surface area (TPSA) is 75.6 Å². The normalized spacial score (nSPS) is 12.8. The first kappa shape index (κ1) is 17.8. The molecule has 0 aliphatic carbocycles. The number of amides is 1. The third-order valence-electron chi connectivity index (χ3n) is 2.74. The maximum absolute atomic E-state index is 12.0. The Labute approximate surface area is 125 Å². The fraction of sp³-hybridized carbons (Fsp3) is 0.429. The van der Waals surface area contributed by atoms with Crippen LogP contribution < -0.4 is 10.1 Å². The number of carboxylic acids is 1. The number of carbonyl (C=O) groups is 2. The van der Waals surface area contributed by atoms with Gasteiger partial charge in [0, 0.05) is 5.56 Å². The summed E-state index contributed by atoms with van der Waals surface area (Å²) in [6.07, 6.45) is -4.44. The van der Waals surface area contributed by atoms with E-state index in [0.29, 0.717) is 0 Å². The van der Waals surface area contributed by atoms with Gasteiger partial charge < -0.3 is 15.2 Å². The Morgan fingerprint density at radius 1 is 1.23 bits per heavy atom. The zero-order valence-electron chi connectivity index (χ0n) is 12.0. The second-order valence-electron chi connectivity index (χ2n) is 4.96. The first-order valence-corrected chi connectivity index (χ1v) is 6.43. The molecule has 0 heterocycles. The molecule has 0 aliphatic rings. The highest BCUT2D eigenvalue weighted by Crippen LogP contribution is 2.19. The van der Waals surface area contributed by atoms with Crippen molar-refractivity contribution in [3.05, 3.63) is 29.8 Å². The molecule has 1 aromatic rings. The largest absolute Gasteiger partial charge is 0.484 e. The van der Waals surface area contributed by atoms with E-state index in [1.54, 1.807) is 13.8 Å². The minimum atomic E-state index is -4.44. The number of rotatable bonds is 6. The van der Waals surface area contributed by atoms with Crippen molar-refractivity contribution in [1.82, 2.24) is 5.32 Å². The van der Waals surface area contributed by atoms with Crippen LogP contribution in [0.1, 0.15) is 24.2 Å².